The van der Waals surface area contributed by atoms with Crippen molar-refractivity contribution in [2.24, 2.45) is 0 Å². The van der Waals surface area contributed by atoms with E-state index >= 15 is 0 Å². The second kappa shape index (κ2) is 10.1. The van der Waals surface area contributed by atoms with Gasteiger partial charge in [0.2, 0.25) is 5.95 Å². The molecule has 11 heteroatoms. The fourth-order valence-electron chi connectivity index (χ4n) is 4.17. The summed E-state index contributed by atoms with van der Waals surface area (Å²) in [4.78, 5) is 25.1. The average Bonchev–Trinajstić information content (AvgIpc) is 3.25. The van der Waals surface area contributed by atoms with Gasteiger partial charge >= 0.3 is 57.4 Å². The molecule has 168 valence electrons. The summed E-state index contributed by atoms with van der Waals surface area (Å²) in [6.45, 7) is 3.99. The van der Waals surface area contributed by atoms with Crippen molar-refractivity contribution in [3.05, 3.63) is 41.2 Å². The van der Waals surface area contributed by atoms with Crippen LogP contribution in [0.25, 0.3) is 11.5 Å². The Morgan fingerprint density at radius 1 is 1.21 bits per heavy atom. The number of aromatic nitrogens is 3. The van der Waals surface area contributed by atoms with Crippen molar-refractivity contribution >= 4 is 74.7 Å². The van der Waals surface area contributed by atoms with Gasteiger partial charge in [-0.1, -0.05) is 5.16 Å². The fourth-order valence-corrected chi connectivity index (χ4v) is 4.17. The van der Waals surface area contributed by atoms with Gasteiger partial charge < -0.3 is 29.5 Å². The molecule has 1 aromatic carbocycles. The molecular weight excluding hydrogens is 451 g/mol. The van der Waals surface area contributed by atoms with Crippen molar-refractivity contribution in [1.82, 2.24) is 20.0 Å². The molecule has 3 aromatic rings. The van der Waals surface area contributed by atoms with Crippen LogP contribution in [-0.4, -0.2) is 123 Å². The number of piperazine rings is 1. The second-order valence-corrected chi connectivity index (χ2v) is 8.01. The molecule has 0 atom stereocenters. The van der Waals surface area contributed by atoms with Gasteiger partial charge in [0.15, 0.2) is 11.5 Å². The number of aryl methyl sites for hydroxylation is 1. The Kier molecular flexibility index (Phi) is 7.36. The minimum atomic E-state index is -1.10. The van der Waals surface area contributed by atoms with Crippen molar-refractivity contribution in [3.63, 3.8) is 0 Å². The number of carboxylic acid groups (broad SMARTS) is 1. The number of carbonyl (C=O) groups is 1. The number of carboxylic acids is 1. The Bertz CT molecular complexity index is 1180. The fraction of sp³-hybridized carbons (Fsp3) is 0.364. The first-order valence-electron chi connectivity index (χ1n) is 10.5. The molecule has 2 aliphatic rings. The zero-order valence-electron chi connectivity index (χ0n) is 18.0. The molecule has 2 N–H and O–H groups in total. The van der Waals surface area contributed by atoms with Crippen molar-refractivity contribution in [1.29, 1.82) is 0 Å². The van der Waals surface area contributed by atoms with Crippen LogP contribution in [-0.2, 0) is 12.8 Å². The van der Waals surface area contributed by atoms with Crippen LogP contribution in [0, 0.1) is 0 Å². The third kappa shape index (κ3) is 4.79. The van der Waals surface area contributed by atoms with Crippen LogP contribution in [0.3, 0.4) is 0 Å². The van der Waals surface area contributed by atoms with Gasteiger partial charge in [-0.2, -0.15) is 0 Å². The van der Waals surface area contributed by atoms with E-state index in [0.29, 0.717) is 41.6 Å². The number of hydrogen-bond donors (Lipinski definition) is 2. The average molecular weight is 477 g/mol. The number of rotatable bonds is 5. The number of likely N-dealkylation sites (N-methyl/N-ethyl adjacent to an activating group) is 1. The number of fused-ring (bicyclic) bond motifs is 3. The zero-order valence-corrected chi connectivity index (χ0v) is 18.0. The maximum atomic E-state index is 11.4. The predicted octanol–water partition coefficient (Wildman–Crippen LogP) is 1.78. The molecule has 0 amide bonds. The van der Waals surface area contributed by atoms with Crippen molar-refractivity contribution in [2.75, 3.05) is 50.6 Å². The zero-order chi connectivity index (χ0) is 22.2. The number of nitrogens with zero attached hydrogens (tertiary/aromatic N) is 5. The van der Waals surface area contributed by atoms with Gasteiger partial charge in [0.05, 0.1) is 12.8 Å². The van der Waals surface area contributed by atoms with E-state index in [-0.39, 0.29) is 57.1 Å². The summed E-state index contributed by atoms with van der Waals surface area (Å²) in [6, 6.07) is 6.03. The number of benzene rings is 1. The molecule has 1 fully saturated rings. The molecule has 0 saturated carbocycles. The molecule has 0 radical (unpaired) electrons. The van der Waals surface area contributed by atoms with Crippen LogP contribution < -0.4 is 15.0 Å². The standard InChI is InChI=1S/C22H24N6O4.K.H/c1-27-7-9-28(10-8-27)14-4-6-16(17(11-14)31-2)24-22-23-12-13-3-5-15-19(21(29)30)26-32-20(15)18(13)25-22;;/h4,6,11-12H,3,5,7-10H2,1-2H3,(H,29,30)(H,23,24,25);;. The molecule has 3 heterocycles. The van der Waals surface area contributed by atoms with Crippen LogP contribution >= 0.6 is 0 Å². The van der Waals surface area contributed by atoms with E-state index in [0.717, 1.165) is 43.1 Å². The van der Waals surface area contributed by atoms with Gasteiger partial charge in [0.1, 0.15) is 11.4 Å². The van der Waals surface area contributed by atoms with E-state index in [1.807, 2.05) is 12.1 Å². The van der Waals surface area contributed by atoms with Gasteiger partial charge in [0.25, 0.3) is 0 Å². The number of hydrogen-bond acceptors (Lipinski definition) is 9. The van der Waals surface area contributed by atoms with Crippen LogP contribution in [0.15, 0.2) is 28.9 Å². The van der Waals surface area contributed by atoms with Gasteiger partial charge in [-0.05, 0) is 32.0 Å². The van der Waals surface area contributed by atoms with Crippen molar-refractivity contribution in [3.8, 4) is 17.2 Å². The van der Waals surface area contributed by atoms with Crippen molar-refractivity contribution < 1.29 is 19.2 Å². The number of nitrogens with one attached hydrogen (secondary N) is 1. The Morgan fingerprint density at radius 2 is 2.00 bits per heavy atom. The molecule has 0 spiro atoms. The van der Waals surface area contributed by atoms with Gasteiger partial charge in [-0.3, -0.25) is 0 Å². The van der Waals surface area contributed by atoms with E-state index in [2.05, 4.69) is 43.4 Å². The summed E-state index contributed by atoms with van der Waals surface area (Å²) in [5, 5.41) is 16.3. The van der Waals surface area contributed by atoms with E-state index in [1.54, 1.807) is 13.3 Å². The number of methoxy groups -OCH3 is 1. The summed E-state index contributed by atoms with van der Waals surface area (Å²) in [5.41, 5.74) is 3.83. The van der Waals surface area contributed by atoms with Crippen LogP contribution in [0.2, 0.25) is 0 Å². The van der Waals surface area contributed by atoms with Gasteiger partial charge in [-0.15, -0.1) is 0 Å². The van der Waals surface area contributed by atoms with Gasteiger partial charge in [-0.25, -0.2) is 14.8 Å². The Balaban J connectivity index is 0.00000259. The molecule has 1 saturated heterocycles. The molecule has 1 aliphatic carbocycles. The summed E-state index contributed by atoms with van der Waals surface area (Å²) < 4.78 is 11.0. The molecule has 0 unspecified atom stereocenters. The first-order chi connectivity index (χ1) is 15.5. The van der Waals surface area contributed by atoms with E-state index in [1.165, 1.54) is 0 Å². The topological polar surface area (TPSA) is 117 Å². The third-order valence-electron chi connectivity index (χ3n) is 6.01. The first kappa shape index (κ1) is 24.1. The van der Waals surface area contributed by atoms with E-state index in [4.69, 9.17) is 9.26 Å². The molecule has 0 bridgehead atoms. The minimum absolute atomic E-state index is 0. The molecule has 1 aliphatic heterocycles. The maximum absolute atomic E-state index is 11.4. The molecule has 5 rings (SSSR count). The molecule has 10 nitrogen and oxygen atoms in total. The normalized spacial score (nSPS) is 15.3. The number of ether oxygens (including phenoxy) is 1. The van der Waals surface area contributed by atoms with Crippen LogP contribution in [0.5, 0.6) is 5.75 Å². The quantitative estimate of drug-likeness (QED) is 0.528. The SMILES string of the molecule is COc1cc(N2CCN(C)CC2)ccc1Nc1ncc2c(n1)-c1onc(C(=O)O)c1CC2.[KH]. The van der Waals surface area contributed by atoms with Crippen LogP contribution in [0.4, 0.5) is 17.3 Å². The molecular formula is C22H25KN6O4. The summed E-state index contributed by atoms with van der Waals surface area (Å²) in [6.07, 6.45) is 2.90. The summed E-state index contributed by atoms with van der Waals surface area (Å²) >= 11 is 0. The Morgan fingerprint density at radius 3 is 2.73 bits per heavy atom. The number of aromatic carboxylic acids is 1. The number of anilines is 3. The predicted molar refractivity (Wildman–Crippen MR) is 125 cm³/mol. The second-order valence-electron chi connectivity index (χ2n) is 8.01. The summed E-state index contributed by atoms with van der Waals surface area (Å²) in [5.74, 6) is 0.356. The van der Waals surface area contributed by atoms with Crippen LogP contribution in [0.1, 0.15) is 21.6 Å². The molecule has 2 aromatic heterocycles. The van der Waals surface area contributed by atoms with Crippen molar-refractivity contribution in [2.45, 2.75) is 12.8 Å². The monoisotopic (exact) mass is 476 g/mol. The summed E-state index contributed by atoms with van der Waals surface area (Å²) in [7, 11) is 3.77. The Labute approximate surface area is 233 Å². The first-order valence-corrected chi connectivity index (χ1v) is 10.5. The third-order valence-corrected chi connectivity index (χ3v) is 6.01. The van der Waals surface area contributed by atoms with Gasteiger partial charge in [0, 0.05) is 55.3 Å². The van der Waals surface area contributed by atoms with E-state index < -0.39 is 5.97 Å². The Hall–Kier alpha value is -2.02. The van der Waals surface area contributed by atoms with E-state index in [9.17, 15) is 9.90 Å². The molecule has 33 heavy (non-hydrogen) atoms.